The molecule has 0 radical (unpaired) electrons. The molecule has 2 N–H and O–H groups in total. The molecule has 0 spiro atoms. The molecular formula is C11H20N4. The van der Waals surface area contributed by atoms with Crippen LogP contribution < -0.4 is 10.6 Å². The molecule has 0 fully saturated rings. The number of aryl methyl sites for hydroxylation is 2. The summed E-state index contributed by atoms with van der Waals surface area (Å²) in [7, 11) is 2.00. The highest BCUT2D eigenvalue weighted by Crippen LogP contribution is 2.30. The van der Waals surface area contributed by atoms with Gasteiger partial charge in [0.1, 0.15) is 11.5 Å². The molecule has 1 aliphatic rings. The lowest BCUT2D eigenvalue weighted by molar-refractivity contribution is 0.536. The van der Waals surface area contributed by atoms with Gasteiger partial charge >= 0.3 is 0 Å². The molecule has 1 aliphatic heterocycles. The van der Waals surface area contributed by atoms with Gasteiger partial charge in [0.25, 0.3) is 0 Å². The lowest BCUT2D eigenvalue weighted by Crippen LogP contribution is -2.26. The first-order chi connectivity index (χ1) is 7.13. The van der Waals surface area contributed by atoms with Crippen LogP contribution >= 0.6 is 0 Å². The fraction of sp³-hybridized carbons (Fsp3) is 0.727. The van der Waals surface area contributed by atoms with E-state index in [1.807, 2.05) is 11.7 Å². The lowest BCUT2D eigenvalue weighted by atomic mass is 10.1. The van der Waals surface area contributed by atoms with Gasteiger partial charge in [-0.2, -0.15) is 5.10 Å². The minimum Gasteiger partial charge on any atom is -0.380 e. The molecule has 4 heteroatoms. The topological polar surface area (TPSA) is 41.9 Å². The average molecular weight is 208 g/mol. The van der Waals surface area contributed by atoms with E-state index in [-0.39, 0.29) is 0 Å². The van der Waals surface area contributed by atoms with E-state index >= 15 is 0 Å². The third kappa shape index (κ3) is 1.68. The normalized spacial score (nSPS) is 25.1. The number of hydrogen-bond donors (Lipinski definition) is 2. The van der Waals surface area contributed by atoms with E-state index in [9.17, 15) is 0 Å². The number of nitrogens with one attached hydrogen (secondary N) is 2. The van der Waals surface area contributed by atoms with Crippen LogP contribution in [-0.2, 0) is 13.5 Å². The maximum Gasteiger partial charge on any atom is 0.148 e. The minimum atomic E-state index is 0.485. The Kier molecular flexibility index (Phi) is 2.59. The van der Waals surface area contributed by atoms with E-state index in [0.29, 0.717) is 12.0 Å². The first-order valence-electron chi connectivity index (χ1n) is 5.69. The monoisotopic (exact) mass is 208 g/mol. The van der Waals surface area contributed by atoms with Crippen LogP contribution in [-0.4, -0.2) is 22.4 Å². The number of nitrogens with zero attached hydrogens (tertiary/aromatic N) is 2. The summed E-state index contributed by atoms with van der Waals surface area (Å²) in [5.74, 6) is 1.76. The summed E-state index contributed by atoms with van der Waals surface area (Å²) >= 11 is 0. The Morgan fingerprint density at radius 1 is 1.47 bits per heavy atom. The third-order valence-electron chi connectivity index (χ3n) is 3.27. The summed E-state index contributed by atoms with van der Waals surface area (Å²) in [4.78, 5) is 0. The largest absolute Gasteiger partial charge is 0.380 e. The molecule has 2 atom stereocenters. The molecule has 1 aromatic rings. The predicted molar refractivity (Wildman–Crippen MR) is 63.3 cm³/mol. The van der Waals surface area contributed by atoms with Crippen molar-refractivity contribution in [2.75, 3.05) is 17.2 Å². The van der Waals surface area contributed by atoms with E-state index < -0.39 is 0 Å². The Morgan fingerprint density at radius 3 is 2.87 bits per heavy atom. The van der Waals surface area contributed by atoms with Crippen LogP contribution in [0.25, 0.3) is 0 Å². The lowest BCUT2D eigenvalue weighted by Gasteiger charge is -2.18. The maximum atomic E-state index is 4.50. The van der Waals surface area contributed by atoms with Crippen LogP contribution in [0.15, 0.2) is 0 Å². The highest BCUT2D eigenvalue weighted by Gasteiger charge is 2.23. The van der Waals surface area contributed by atoms with Crippen molar-refractivity contribution in [2.24, 2.45) is 13.0 Å². The van der Waals surface area contributed by atoms with Crippen molar-refractivity contribution in [1.29, 1.82) is 0 Å². The fourth-order valence-corrected chi connectivity index (χ4v) is 1.98. The Morgan fingerprint density at radius 2 is 2.20 bits per heavy atom. The number of aromatic nitrogens is 2. The molecule has 0 aromatic carbocycles. The van der Waals surface area contributed by atoms with Crippen molar-refractivity contribution in [2.45, 2.75) is 33.2 Å². The van der Waals surface area contributed by atoms with Gasteiger partial charge in [0, 0.05) is 19.6 Å². The number of fused-ring (bicyclic) bond motifs is 1. The van der Waals surface area contributed by atoms with Crippen molar-refractivity contribution in [1.82, 2.24) is 9.78 Å². The average Bonchev–Trinajstić information content (AvgIpc) is 2.43. The van der Waals surface area contributed by atoms with Crippen LogP contribution in [0.1, 0.15) is 26.5 Å². The number of rotatable bonds is 1. The predicted octanol–water partition coefficient (Wildman–Crippen LogP) is 1.84. The summed E-state index contributed by atoms with van der Waals surface area (Å²) in [5.41, 5.74) is 2.34. The standard InChI is InChI=1S/C11H20N4/c1-5-9-10-11(15(4)14-9)13-8(3)7(2)6-12-10/h7-8,12-13H,5-6H2,1-4H3. The molecule has 0 saturated carbocycles. The second-order valence-electron chi connectivity index (χ2n) is 4.44. The van der Waals surface area contributed by atoms with E-state index in [2.05, 4.69) is 36.5 Å². The number of anilines is 2. The summed E-state index contributed by atoms with van der Waals surface area (Å²) in [6.07, 6.45) is 0.973. The zero-order valence-electron chi connectivity index (χ0n) is 9.96. The van der Waals surface area contributed by atoms with Crippen molar-refractivity contribution in [3.63, 3.8) is 0 Å². The van der Waals surface area contributed by atoms with E-state index in [0.717, 1.165) is 24.5 Å². The molecule has 15 heavy (non-hydrogen) atoms. The molecular weight excluding hydrogens is 188 g/mol. The first kappa shape index (κ1) is 10.3. The van der Waals surface area contributed by atoms with Gasteiger partial charge in [-0.25, -0.2) is 0 Å². The SMILES string of the molecule is CCc1nn(C)c2c1NCC(C)C(C)N2. The zero-order valence-corrected chi connectivity index (χ0v) is 9.96. The third-order valence-corrected chi connectivity index (χ3v) is 3.27. The van der Waals surface area contributed by atoms with E-state index in [1.165, 1.54) is 5.69 Å². The molecule has 2 rings (SSSR count). The van der Waals surface area contributed by atoms with Crippen LogP contribution in [0.5, 0.6) is 0 Å². The van der Waals surface area contributed by atoms with E-state index in [1.54, 1.807) is 0 Å². The molecule has 0 aliphatic carbocycles. The van der Waals surface area contributed by atoms with Crippen molar-refractivity contribution < 1.29 is 0 Å². The molecule has 0 amide bonds. The van der Waals surface area contributed by atoms with Gasteiger partial charge in [0.15, 0.2) is 0 Å². The summed E-state index contributed by atoms with van der Waals surface area (Å²) in [5, 5.41) is 11.5. The molecule has 0 saturated heterocycles. The summed E-state index contributed by atoms with van der Waals surface area (Å²) in [6.45, 7) is 7.64. The quantitative estimate of drug-likeness (QED) is 0.740. The van der Waals surface area contributed by atoms with Gasteiger partial charge in [0.05, 0.1) is 5.69 Å². The molecule has 84 valence electrons. The second kappa shape index (κ2) is 3.76. The van der Waals surface area contributed by atoms with Gasteiger partial charge in [-0.1, -0.05) is 13.8 Å². The number of hydrogen-bond acceptors (Lipinski definition) is 3. The highest BCUT2D eigenvalue weighted by atomic mass is 15.3. The van der Waals surface area contributed by atoms with Crippen molar-refractivity contribution in [3.8, 4) is 0 Å². The van der Waals surface area contributed by atoms with Crippen molar-refractivity contribution >= 4 is 11.5 Å². The van der Waals surface area contributed by atoms with Crippen LogP contribution in [0, 0.1) is 5.92 Å². The van der Waals surface area contributed by atoms with Gasteiger partial charge in [-0.15, -0.1) is 0 Å². The second-order valence-corrected chi connectivity index (χ2v) is 4.44. The molecule has 2 unspecified atom stereocenters. The minimum absolute atomic E-state index is 0.485. The molecule has 1 aromatic heterocycles. The van der Waals surface area contributed by atoms with Crippen LogP contribution in [0.2, 0.25) is 0 Å². The summed E-state index contributed by atoms with van der Waals surface area (Å²) in [6, 6.07) is 0.485. The molecule has 0 bridgehead atoms. The van der Waals surface area contributed by atoms with Gasteiger partial charge in [0.2, 0.25) is 0 Å². The molecule has 4 nitrogen and oxygen atoms in total. The Bertz CT molecular complexity index is 356. The Hall–Kier alpha value is -1.19. The van der Waals surface area contributed by atoms with Crippen molar-refractivity contribution in [3.05, 3.63) is 5.69 Å². The van der Waals surface area contributed by atoms with Gasteiger partial charge < -0.3 is 10.6 Å². The zero-order chi connectivity index (χ0) is 11.0. The van der Waals surface area contributed by atoms with Crippen LogP contribution in [0.3, 0.4) is 0 Å². The van der Waals surface area contributed by atoms with Gasteiger partial charge in [-0.05, 0) is 19.3 Å². The maximum absolute atomic E-state index is 4.50. The fourth-order valence-electron chi connectivity index (χ4n) is 1.98. The summed E-state index contributed by atoms with van der Waals surface area (Å²) < 4.78 is 1.94. The van der Waals surface area contributed by atoms with E-state index in [4.69, 9.17) is 0 Å². The first-order valence-corrected chi connectivity index (χ1v) is 5.69. The Labute approximate surface area is 91.1 Å². The molecule has 2 heterocycles. The Balaban J connectivity index is 2.39. The smallest absolute Gasteiger partial charge is 0.148 e. The highest BCUT2D eigenvalue weighted by molar-refractivity contribution is 5.69. The van der Waals surface area contributed by atoms with Crippen LogP contribution in [0.4, 0.5) is 11.5 Å². The van der Waals surface area contributed by atoms with Gasteiger partial charge in [-0.3, -0.25) is 4.68 Å².